The van der Waals surface area contributed by atoms with Crippen LogP contribution in [0.3, 0.4) is 0 Å². The van der Waals surface area contributed by atoms with Gasteiger partial charge in [0, 0.05) is 24.0 Å². The summed E-state index contributed by atoms with van der Waals surface area (Å²) >= 11 is 7.49. The number of carbonyl (C=O) groups is 1. The minimum atomic E-state index is -4.25. The molecule has 1 atom stereocenters. The lowest BCUT2D eigenvalue weighted by molar-refractivity contribution is -0.384. The Morgan fingerprint density at radius 3 is 2.69 bits per heavy atom. The van der Waals surface area contributed by atoms with Gasteiger partial charge in [-0.25, -0.2) is 8.42 Å². The van der Waals surface area contributed by atoms with E-state index in [0.29, 0.717) is 13.0 Å². The third-order valence-electron chi connectivity index (χ3n) is 5.80. The molecule has 1 amide bonds. The van der Waals surface area contributed by atoms with Crippen LogP contribution in [0.1, 0.15) is 22.0 Å². The molecule has 1 unspecified atom stereocenters. The van der Waals surface area contributed by atoms with Gasteiger partial charge in [0.1, 0.15) is 5.02 Å². The molecule has 0 radical (unpaired) electrons. The molecule has 1 aromatic heterocycles. The number of carbonyl (C=O) groups excluding carboxylic acids is 1. The number of hydrogen-bond acceptors (Lipinski definition) is 6. The topological polar surface area (TPSA) is 101 Å². The lowest BCUT2D eigenvalue weighted by Gasteiger charge is -2.37. The summed E-state index contributed by atoms with van der Waals surface area (Å²) in [5.41, 5.74) is 1.45. The van der Waals surface area contributed by atoms with Gasteiger partial charge in [-0.05, 0) is 41.1 Å². The van der Waals surface area contributed by atoms with Gasteiger partial charge in [-0.2, -0.15) is 4.31 Å². The molecular formula is C24H22ClN3O5S2. The predicted molar refractivity (Wildman–Crippen MR) is 135 cm³/mol. The number of amides is 1. The van der Waals surface area contributed by atoms with Crippen LogP contribution in [-0.2, 0) is 21.2 Å². The van der Waals surface area contributed by atoms with Crippen molar-refractivity contribution < 1.29 is 18.1 Å². The second-order valence-corrected chi connectivity index (χ2v) is 11.3. The molecule has 2 aromatic carbocycles. The molecule has 3 aromatic rings. The Bertz CT molecular complexity index is 1370. The molecule has 8 nitrogen and oxygen atoms in total. The SMILES string of the molecule is C=CCN(CC(=O)N1CCc2sccc2C1c1ccccc1)S(=O)(=O)c1ccc(Cl)c([N+](=O)[O-])c1. The normalized spacial score (nSPS) is 15.6. The van der Waals surface area contributed by atoms with Gasteiger partial charge < -0.3 is 4.90 Å². The van der Waals surface area contributed by atoms with Crippen LogP contribution >= 0.6 is 22.9 Å². The van der Waals surface area contributed by atoms with E-state index in [0.717, 1.165) is 27.6 Å². The average Bonchev–Trinajstić information content (AvgIpc) is 3.32. The molecule has 0 spiro atoms. The fourth-order valence-electron chi connectivity index (χ4n) is 4.16. The smallest absolute Gasteiger partial charge is 0.289 e. The van der Waals surface area contributed by atoms with Crippen LogP contribution in [0.25, 0.3) is 0 Å². The molecule has 0 saturated carbocycles. The summed E-state index contributed by atoms with van der Waals surface area (Å²) in [6.45, 7) is 3.48. The Balaban J connectivity index is 1.66. The number of hydrogen-bond donors (Lipinski definition) is 0. The van der Waals surface area contributed by atoms with Crippen molar-refractivity contribution in [3.05, 3.63) is 104 Å². The molecule has 0 bridgehead atoms. The summed E-state index contributed by atoms with van der Waals surface area (Å²) < 4.78 is 27.7. The van der Waals surface area contributed by atoms with Crippen LogP contribution in [-0.4, -0.2) is 48.1 Å². The molecule has 2 heterocycles. The summed E-state index contributed by atoms with van der Waals surface area (Å²) in [6.07, 6.45) is 2.05. The summed E-state index contributed by atoms with van der Waals surface area (Å²) in [5, 5.41) is 13.1. The first-order valence-corrected chi connectivity index (χ1v) is 13.4. The monoisotopic (exact) mass is 531 g/mol. The predicted octanol–water partition coefficient (Wildman–Crippen LogP) is 4.66. The van der Waals surface area contributed by atoms with Gasteiger partial charge in [0.05, 0.1) is 22.4 Å². The van der Waals surface area contributed by atoms with Crippen LogP contribution < -0.4 is 0 Å². The molecule has 4 rings (SSSR count). The summed E-state index contributed by atoms with van der Waals surface area (Å²) in [6, 6.07) is 14.5. The quantitative estimate of drug-likeness (QED) is 0.239. The van der Waals surface area contributed by atoms with Crippen molar-refractivity contribution in [2.24, 2.45) is 0 Å². The van der Waals surface area contributed by atoms with Crippen molar-refractivity contribution in [1.82, 2.24) is 9.21 Å². The number of nitro groups is 1. The average molecular weight is 532 g/mol. The Labute approximate surface area is 212 Å². The zero-order valence-corrected chi connectivity index (χ0v) is 20.9. The molecule has 0 N–H and O–H groups in total. The van der Waals surface area contributed by atoms with E-state index in [1.54, 1.807) is 16.2 Å². The first-order valence-electron chi connectivity index (χ1n) is 10.7. The van der Waals surface area contributed by atoms with E-state index < -0.39 is 27.2 Å². The number of nitrogens with zero attached hydrogens (tertiary/aromatic N) is 3. The zero-order chi connectivity index (χ0) is 25.2. The zero-order valence-electron chi connectivity index (χ0n) is 18.5. The van der Waals surface area contributed by atoms with E-state index >= 15 is 0 Å². The van der Waals surface area contributed by atoms with Crippen LogP contribution in [0.5, 0.6) is 0 Å². The maximum absolute atomic E-state index is 13.6. The van der Waals surface area contributed by atoms with Crippen molar-refractivity contribution in [3.63, 3.8) is 0 Å². The maximum atomic E-state index is 13.6. The highest BCUT2D eigenvalue weighted by Crippen LogP contribution is 2.38. The van der Waals surface area contributed by atoms with E-state index in [1.807, 2.05) is 41.8 Å². The second-order valence-electron chi connectivity index (χ2n) is 7.91. The highest BCUT2D eigenvalue weighted by atomic mass is 35.5. The first-order chi connectivity index (χ1) is 16.7. The van der Waals surface area contributed by atoms with Crippen LogP contribution in [0.4, 0.5) is 5.69 Å². The Kier molecular flexibility index (Phi) is 7.36. The minimum absolute atomic E-state index is 0.141. The van der Waals surface area contributed by atoms with E-state index in [1.165, 1.54) is 17.0 Å². The number of rotatable bonds is 8. The van der Waals surface area contributed by atoms with Gasteiger partial charge in [-0.3, -0.25) is 14.9 Å². The third kappa shape index (κ3) is 5.01. The molecule has 182 valence electrons. The molecule has 0 saturated heterocycles. The van der Waals surface area contributed by atoms with Gasteiger partial charge in [-0.1, -0.05) is 48.0 Å². The highest BCUT2D eigenvalue weighted by molar-refractivity contribution is 7.89. The van der Waals surface area contributed by atoms with E-state index in [4.69, 9.17) is 11.6 Å². The first kappa shape index (κ1) is 25.1. The van der Waals surface area contributed by atoms with Gasteiger partial charge in [-0.15, -0.1) is 17.9 Å². The largest absolute Gasteiger partial charge is 0.330 e. The molecule has 1 aliphatic heterocycles. The van der Waals surface area contributed by atoms with Gasteiger partial charge >= 0.3 is 0 Å². The van der Waals surface area contributed by atoms with Crippen molar-refractivity contribution in [2.45, 2.75) is 17.4 Å². The van der Waals surface area contributed by atoms with Crippen LogP contribution in [0, 0.1) is 10.1 Å². The lowest BCUT2D eigenvalue weighted by Crippen LogP contribution is -2.46. The molecule has 35 heavy (non-hydrogen) atoms. The fourth-order valence-corrected chi connectivity index (χ4v) is 6.63. The standard InChI is InChI=1S/C24H22ClN3O5S2/c1-2-12-26(35(32,33)18-8-9-20(25)21(15-18)28(30)31)16-23(29)27-13-10-22-19(11-14-34-22)24(27)17-6-4-3-5-7-17/h2-9,11,14-15,24H,1,10,12-13,16H2. The summed E-state index contributed by atoms with van der Waals surface area (Å²) in [5.74, 6) is -0.371. The van der Waals surface area contributed by atoms with E-state index in [2.05, 4.69) is 6.58 Å². The second kappa shape index (κ2) is 10.3. The number of thiophene rings is 1. The molecule has 0 fully saturated rings. The van der Waals surface area contributed by atoms with Crippen molar-refractivity contribution in [1.29, 1.82) is 0 Å². The number of halogens is 1. The Morgan fingerprint density at radius 2 is 2.00 bits per heavy atom. The lowest BCUT2D eigenvalue weighted by atomic mass is 9.93. The molecule has 0 aliphatic carbocycles. The summed E-state index contributed by atoms with van der Waals surface area (Å²) in [4.78, 5) is 26.7. The van der Waals surface area contributed by atoms with E-state index in [9.17, 15) is 23.3 Å². The molecule has 11 heteroatoms. The van der Waals surface area contributed by atoms with Gasteiger partial charge in [0.2, 0.25) is 15.9 Å². The van der Waals surface area contributed by atoms with Crippen LogP contribution in [0.2, 0.25) is 5.02 Å². The van der Waals surface area contributed by atoms with Crippen LogP contribution in [0.15, 0.2) is 77.5 Å². The van der Waals surface area contributed by atoms with Crippen molar-refractivity contribution in [3.8, 4) is 0 Å². The minimum Gasteiger partial charge on any atom is -0.330 e. The Hall–Kier alpha value is -3.05. The van der Waals surface area contributed by atoms with Gasteiger partial charge in [0.15, 0.2) is 0 Å². The van der Waals surface area contributed by atoms with Crippen molar-refractivity contribution in [2.75, 3.05) is 19.6 Å². The number of sulfonamides is 1. The third-order valence-corrected chi connectivity index (χ3v) is 8.92. The Morgan fingerprint density at radius 1 is 1.26 bits per heavy atom. The fraction of sp³-hybridized carbons (Fsp3) is 0.208. The van der Waals surface area contributed by atoms with Gasteiger partial charge in [0.25, 0.3) is 5.69 Å². The maximum Gasteiger partial charge on any atom is 0.289 e. The molecule has 1 aliphatic rings. The van der Waals surface area contributed by atoms with Crippen molar-refractivity contribution >= 4 is 44.6 Å². The highest BCUT2D eigenvalue weighted by Gasteiger charge is 2.35. The summed E-state index contributed by atoms with van der Waals surface area (Å²) in [7, 11) is -4.25. The van der Waals surface area contributed by atoms with E-state index in [-0.39, 0.29) is 28.4 Å². The number of benzene rings is 2. The molecular weight excluding hydrogens is 510 g/mol. The number of fused-ring (bicyclic) bond motifs is 1. The number of nitro benzene ring substituents is 1.